The van der Waals surface area contributed by atoms with Gasteiger partial charge in [0.1, 0.15) is 11.8 Å². The second-order valence-corrected chi connectivity index (χ2v) is 5.71. The summed E-state index contributed by atoms with van der Waals surface area (Å²) in [7, 11) is -2.97. The zero-order valence-electron chi connectivity index (χ0n) is 12.2. The van der Waals surface area contributed by atoms with Gasteiger partial charge in [0.05, 0.1) is 0 Å². The molecule has 0 aromatic carbocycles. The number of rotatable bonds is 7. The van der Waals surface area contributed by atoms with Crippen LogP contribution in [-0.4, -0.2) is 49.3 Å². The number of carbonyl (C=O) groups excluding carboxylic acids is 1. The van der Waals surface area contributed by atoms with Crippen molar-refractivity contribution in [1.29, 1.82) is 0 Å². The first kappa shape index (κ1) is 18.3. The summed E-state index contributed by atoms with van der Waals surface area (Å²) in [5.74, 6) is -0.948. The Bertz CT molecular complexity index is 409. The Labute approximate surface area is 114 Å². The van der Waals surface area contributed by atoms with Crippen molar-refractivity contribution in [2.45, 2.75) is 46.4 Å². The summed E-state index contributed by atoms with van der Waals surface area (Å²) in [6.45, 7) is 8.42. The van der Waals surface area contributed by atoms with Crippen molar-refractivity contribution in [3.05, 3.63) is 0 Å². The van der Waals surface area contributed by atoms with E-state index in [0.717, 1.165) is 0 Å². The Hall–Kier alpha value is -0.700. The normalized spacial score (nSPS) is 18.7. The van der Waals surface area contributed by atoms with Crippen LogP contribution in [0, 0.1) is 5.92 Å². The molecule has 3 atom stereocenters. The summed E-state index contributed by atoms with van der Waals surface area (Å²) < 4.78 is 40.8. The molecule has 114 valence electrons. The molecule has 0 saturated carbocycles. The van der Waals surface area contributed by atoms with Crippen molar-refractivity contribution >= 4 is 16.4 Å². The molecule has 0 heterocycles. The van der Waals surface area contributed by atoms with Crippen LogP contribution >= 0.6 is 0 Å². The predicted octanol–water partition coefficient (Wildman–Crippen LogP) is 1.06. The van der Waals surface area contributed by atoms with Crippen LogP contribution in [0.5, 0.6) is 0 Å². The van der Waals surface area contributed by atoms with E-state index in [1.807, 2.05) is 6.92 Å². The third kappa shape index (κ3) is 5.43. The molecule has 0 amide bonds. The molecule has 0 aromatic rings. The van der Waals surface area contributed by atoms with Crippen LogP contribution in [-0.2, 0) is 24.1 Å². The molecule has 0 bridgehead atoms. The number of ether oxygens (including phenoxy) is 1. The van der Waals surface area contributed by atoms with Gasteiger partial charge in [0, 0.05) is 12.8 Å². The zero-order valence-corrected chi connectivity index (χ0v) is 13.0. The minimum atomic E-state index is -4.63. The molecule has 0 aliphatic carbocycles. The van der Waals surface area contributed by atoms with E-state index in [2.05, 4.69) is 0 Å². The summed E-state index contributed by atoms with van der Waals surface area (Å²) in [4.78, 5) is 12.6. The first-order chi connectivity index (χ1) is 8.44. The van der Waals surface area contributed by atoms with Crippen LogP contribution < -0.4 is 0 Å². The van der Waals surface area contributed by atoms with E-state index in [1.54, 1.807) is 25.8 Å². The van der Waals surface area contributed by atoms with E-state index in [4.69, 9.17) is 13.5 Å². The smallest absolute Gasteiger partial charge is 0.399 e. The summed E-state index contributed by atoms with van der Waals surface area (Å²) in [6.07, 6.45) is -0.571. The molecule has 0 aliphatic rings. The van der Waals surface area contributed by atoms with Gasteiger partial charge in [-0.05, 0) is 27.4 Å². The third-order valence-electron chi connectivity index (χ3n) is 3.41. The van der Waals surface area contributed by atoms with Gasteiger partial charge in [0.15, 0.2) is 0 Å². The van der Waals surface area contributed by atoms with Gasteiger partial charge in [-0.2, -0.15) is 8.42 Å². The summed E-state index contributed by atoms with van der Waals surface area (Å²) in [6, 6.07) is 0. The van der Waals surface area contributed by atoms with Gasteiger partial charge in [-0.15, -0.1) is 0 Å². The molecule has 3 unspecified atom stereocenters. The average Bonchev–Trinajstić information content (AvgIpc) is 2.23. The van der Waals surface area contributed by atoms with Gasteiger partial charge in [0.2, 0.25) is 0 Å². The minimum absolute atomic E-state index is 0.465. The van der Waals surface area contributed by atoms with E-state index >= 15 is 0 Å². The SMILES string of the molecule is CCN(C)C(C)(OS(=O)(=O)O)C(C)C(C)OC(C)=O. The lowest BCUT2D eigenvalue weighted by Crippen LogP contribution is -2.55. The zero-order chi connectivity index (χ0) is 15.4. The molecule has 0 saturated heterocycles. The molecule has 0 rings (SSSR count). The lowest BCUT2D eigenvalue weighted by molar-refractivity contribution is -0.162. The molecule has 0 fully saturated rings. The minimum Gasteiger partial charge on any atom is -0.462 e. The number of esters is 1. The molecule has 19 heavy (non-hydrogen) atoms. The predicted molar refractivity (Wildman–Crippen MR) is 69.7 cm³/mol. The largest absolute Gasteiger partial charge is 0.462 e. The van der Waals surface area contributed by atoms with Gasteiger partial charge in [-0.25, -0.2) is 4.18 Å². The standard InChI is InChI=1S/C11H23NO6S/c1-7-12(6)11(5,18-19(14,15)16)8(2)9(3)17-10(4)13/h8-9H,7H2,1-6H3,(H,14,15,16). The van der Waals surface area contributed by atoms with E-state index in [0.29, 0.717) is 6.54 Å². The highest BCUT2D eigenvalue weighted by atomic mass is 32.3. The average molecular weight is 297 g/mol. The van der Waals surface area contributed by atoms with Gasteiger partial charge >= 0.3 is 16.4 Å². The Kier molecular flexibility index (Phi) is 6.40. The van der Waals surface area contributed by atoms with Crippen molar-refractivity contribution in [3.63, 3.8) is 0 Å². The van der Waals surface area contributed by atoms with Crippen molar-refractivity contribution in [2.75, 3.05) is 13.6 Å². The van der Waals surface area contributed by atoms with Gasteiger partial charge in [-0.3, -0.25) is 14.2 Å². The first-order valence-electron chi connectivity index (χ1n) is 6.00. The van der Waals surface area contributed by atoms with Gasteiger partial charge in [-0.1, -0.05) is 13.8 Å². The second-order valence-electron chi connectivity index (χ2n) is 4.68. The van der Waals surface area contributed by atoms with Crippen LogP contribution in [0.25, 0.3) is 0 Å². The molecular formula is C11H23NO6S. The second kappa shape index (κ2) is 6.65. The molecule has 0 spiro atoms. The van der Waals surface area contributed by atoms with E-state index in [1.165, 1.54) is 13.8 Å². The third-order valence-corrected chi connectivity index (χ3v) is 3.96. The maximum atomic E-state index is 11.0. The van der Waals surface area contributed by atoms with Gasteiger partial charge in [0.25, 0.3) is 0 Å². The number of hydrogen-bond acceptors (Lipinski definition) is 6. The van der Waals surface area contributed by atoms with Crippen molar-refractivity contribution in [2.24, 2.45) is 5.92 Å². The van der Waals surface area contributed by atoms with Crippen LogP contribution in [0.1, 0.15) is 34.6 Å². The fourth-order valence-electron chi connectivity index (χ4n) is 1.81. The molecular weight excluding hydrogens is 274 g/mol. The topological polar surface area (TPSA) is 93.1 Å². The van der Waals surface area contributed by atoms with Crippen molar-refractivity contribution < 1.29 is 26.7 Å². The molecule has 7 nitrogen and oxygen atoms in total. The molecule has 0 aliphatic heterocycles. The molecule has 0 aromatic heterocycles. The van der Waals surface area contributed by atoms with Crippen LogP contribution in [0.15, 0.2) is 0 Å². The first-order valence-corrected chi connectivity index (χ1v) is 7.37. The fraction of sp³-hybridized carbons (Fsp3) is 0.909. The van der Waals surface area contributed by atoms with E-state index in [9.17, 15) is 13.2 Å². The molecule has 8 heteroatoms. The van der Waals surface area contributed by atoms with E-state index in [-0.39, 0.29) is 0 Å². The van der Waals surface area contributed by atoms with E-state index < -0.39 is 34.1 Å². The summed E-state index contributed by atoms with van der Waals surface area (Å²) in [5, 5.41) is 0. The van der Waals surface area contributed by atoms with Crippen LogP contribution in [0.4, 0.5) is 0 Å². The summed E-state index contributed by atoms with van der Waals surface area (Å²) in [5.41, 5.74) is -1.32. The highest BCUT2D eigenvalue weighted by molar-refractivity contribution is 7.80. The lowest BCUT2D eigenvalue weighted by atomic mass is 9.93. The maximum Gasteiger partial charge on any atom is 0.399 e. The summed E-state index contributed by atoms with van der Waals surface area (Å²) >= 11 is 0. The van der Waals surface area contributed by atoms with Crippen LogP contribution in [0.2, 0.25) is 0 Å². The quantitative estimate of drug-likeness (QED) is 0.426. The Morgan fingerprint density at radius 2 is 1.89 bits per heavy atom. The monoisotopic (exact) mass is 297 g/mol. The number of carbonyl (C=O) groups is 1. The molecule has 0 radical (unpaired) electrons. The lowest BCUT2D eigenvalue weighted by Gasteiger charge is -2.42. The highest BCUT2D eigenvalue weighted by Gasteiger charge is 2.43. The van der Waals surface area contributed by atoms with Crippen molar-refractivity contribution in [3.8, 4) is 0 Å². The Morgan fingerprint density at radius 3 is 2.21 bits per heavy atom. The Balaban J connectivity index is 5.29. The fourth-order valence-corrected chi connectivity index (χ4v) is 2.52. The van der Waals surface area contributed by atoms with Crippen LogP contribution in [0.3, 0.4) is 0 Å². The van der Waals surface area contributed by atoms with Crippen molar-refractivity contribution in [1.82, 2.24) is 4.90 Å². The maximum absolute atomic E-state index is 11.0. The van der Waals surface area contributed by atoms with Gasteiger partial charge < -0.3 is 4.74 Å². The number of nitrogens with zero attached hydrogens (tertiary/aromatic N) is 1. The molecule has 1 N–H and O–H groups in total. The Morgan fingerprint density at radius 1 is 1.42 bits per heavy atom. The highest BCUT2D eigenvalue weighted by Crippen LogP contribution is 2.30. The number of hydrogen-bond donors (Lipinski definition) is 1.